The zero-order chi connectivity index (χ0) is 19.3. The van der Waals surface area contributed by atoms with Gasteiger partial charge in [-0.1, -0.05) is 55.0 Å². The summed E-state index contributed by atoms with van der Waals surface area (Å²) in [6.45, 7) is -0.155. The topological polar surface area (TPSA) is 67.4 Å². The lowest BCUT2D eigenvalue weighted by atomic mass is 9.86. The Hall–Kier alpha value is -2.82. The first-order valence-electron chi connectivity index (χ1n) is 10.0. The van der Waals surface area contributed by atoms with E-state index in [1.165, 1.54) is 19.3 Å². The fourth-order valence-corrected chi connectivity index (χ4v) is 4.68. The van der Waals surface area contributed by atoms with Gasteiger partial charge in [0.2, 0.25) is 5.91 Å². The number of amides is 2. The van der Waals surface area contributed by atoms with Crippen LogP contribution in [0.2, 0.25) is 0 Å². The molecular weight excluding hydrogens is 352 g/mol. The Balaban J connectivity index is 1.24. The molecule has 5 heteroatoms. The lowest BCUT2D eigenvalue weighted by Gasteiger charge is -2.21. The van der Waals surface area contributed by atoms with E-state index in [2.05, 4.69) is 10.9 Å². The van der Waals surface area contributed by atoms with Gasteiger partial charge < -0.3 is 4.74 Å². The third-order valence-corrected chi connectivity index (χ3v) is 6.00. The summed E-state index contributed by atoms with van der Waals surface area (Å²) in [7, 11) is 0. The highest BCUT2D eigenvalue weighted by Crippen LogP contribution is 2.49. The van der Waals surface area contributed by atoms with Gasteiger partial charge in [-0.15, -0.1) is 0 Å². The van der Waals surface area contributed by atoms with Crippen molar-refractivity contribution >= 4 is 11.8 Å². The number of hydrogen-bond acceptors (Lipinski definition) is 3. The molecule has 2 N–H and O–H groups in total. The maximum absolute atomic E-state index is 12.1. The number of hydrazine groups is 1. The summed E-state index contributed by atoms with van der Waals surface area (Å²) in [6, 6.07) is 17.5. The van der Waals surface area contributed by atoms with E-state index >= 15 is 0 Å². The normalized spacial score (nSPS) is 22.6. The van der Waals surface area contributed by atoms with E-state index in [9.17, 15) is 9.59 Å². The number of carbonyl (C=O) groups excluding carboxylic acids is 2. The lowest BCUT2D eigenvalue weighted by Crippen LogP contribution is -2.44. The predicted octanol–water partition coefficient (Wildman–Crippen LogP) is 3.71. The molecule has 2 fully saturated rings. The Bertz CT molecular complexity index is 837. The summed E-state index contributed by atoms with van der Waals surface area (Å²) in [5.74, 6) is 2.14. The van der Waals surface area contributed by atoms with Gasteiger partial charge in [-0.25, -0.2) is 0 Å². The molecule has 0 heterocycles. The molecular formula is C23H26N2O3. The first kappa shape index (κ1) is 18.5. The van der Waals surface area contributed by atoms with Crippen LogP contribution in [-0.2, 0) is 9.59 Å². The van der Waals surface area contributed by atoms with E-state index in [-0.39, 0.29) is 18.4 Å². The zero-order valence-electron chi connectivity index (χ0n) is 15.9. The molecule has 0 aliphatic heterocycles. The van der Waals surface area contributed by atoms with Crippen molar-refractivity contribution in [2.75, 3.05) is 6.61 Å². The molecule has 2 aromatic carbocycles. The largest absolute Gasteiger partial charge is 0.483 e. The summed E-state index contributed by atoms with van der Waals surface area (Å²) >= 11 is 0. The molecule has 2 amide bonds. The Labute approximate surface area is 165 Å². The fourth-order valence-electron chi connectivity index (χ4n) is 4.68. The van der Waals surface area contributed by atoms with Crippen LogP contribution < -0.4 is 15.6 Å². The van der Waals surface area contributed by atoms with Crippen molar-refractivity contribution < 1.29 is 14.3 Å². The number of benzene rings is 2. The van der Waals surface area contributed by atoms with Gasteiger partial charge in [0.15, 0.2) is 6.61 Å². The van der Waals surface area contributed by atoms with Crippen molar-refractivity contribution in [2.45, 2.75) is 32.1 Å². The molecule has 2 aliphatic carbocycles. The van der Waals surface area contributed by atoms with Crippen LogP contribution in [0.1, 0.15) is 32.1 Å². The zero-order valence-corrected chi connectivity index (χ0v) is 15.9. The molecule has 146 valence electrons. The summed E-state index contributed by atoms with van der Waals surface area (Å²) in [4.78, 5) is 24.2. The average molecular weight is 378 g/mol. The number of hydrogen-bond donors (Lipinski definition) is 2. The van der Waals surface area contributed by atoms with Crippen molar-refractivity contribution in [3.05, 3.63) is 54.6 Å². The average Bonchev–Trinajstić information content (AvgIpc) is 3.35. The van der Waals surface area contributed by atoms with Gasteiger partial charge in [-0.05, 0) is 48.6 Å². The molecule has 3 atom stereocenters. The van der Waals surface area contributed by atoms with Crippen molar-refractivity contribution in [2.24, 2.45) is 17.8 Å². The number of rotatable bonds is 6. The number of carbonyl (C=O) groups is 2. The highest BCUT2D eigenvalue weighted by atomic mass is 16.5. The van der Waals surface area contributed by atoms with E-state index < -0.39 is 0 Å². The number of para-hydroxylation sites is 1. The standard InChI is InChI=1S/C23H26N2O3/c26-22(14-19-13-16-10-11-18(19)12-16)24-25-23(27)15-28-21-9-5-4-8-20(21)17-6-2-1-3-7-17/h1-9,16,18-19H,10-15H2,(H,24,26)(H,25,27)/t16-,18-,19-/m1/s1. The molecule has 2 aromatic rings. The van der Waals surface area contributed by atoms with E-state index in [4.69, 9.17) is 4.74 Å². The van der Waals surface area contributed by atoms with Gasteiger partial charge in [0.25, 0.3) is 5.91 Å². The Morgan fingerprint density at radius 3 is 2.39 bits per heavy atom. The summed E-state index contributed by atoms with van der Waals surface area (Å²) in [5, 5.41) is 0. The van der Waals surface area contributed by atoms with Gasteiger partial charge in [0.05, 0.1) is 0 Å². The third kappa shape index (κ3) is 4.35. The second-order valence-corrected chi connectivity index (χ2v) is 7.89. The highest BCUT2D eigenvalue weighted by molar-refractivity contribution is 5.83. The first-order chi connectivity index (χ1) is 13.7. The summed E-state index contributed by atoms with van der Waals surface area (Å²) in [6.07, 6.45) is 5.51. The van der Waals surface area contributed by atoms with Crippen molar-refractivity contribution in [3.8, 4) is 16.9 Å². The molecule has 2 bridgehead atoms. The van der Waals surface area contributed by atoms with Crippen LogP contribution >= 0.6 is 0 Å². The fraction of sp³-hybridized carbons (Fsp3) is 0.391. The maximum Gasteiger partial charge on any atom is 0.276 e. The Morgan fingerprint density at radius 2 is 1.64 bits per heavy atom. The minimum Gasteiger partial charge on any atom is -0.483 e. The van der Waals surface area contributed by atoms with Gasteiger partial charge in [-0.2, -0.15) is 0 Å². The van der Waals surface area contributed by atoms with Gasteiger partial charge in [-0.3, -0.25) is 20.4 Å². The van der Waals surface area contributed by atoms with Crippen LogP contribution in [0, 0.1) is 17.8 Å². The summed E-state index contributed by atoms with van der Waals surface area (Å²) in [5.41, 5.74) is 6.95. The third-order valence-electron chi connectivity index (χ3n) is 6.00. The van der Waals surface area contributed by atoms with Crippen molar-refractivity contribution in [1.82, 2.24) is 10.9 Å². The smallest absolute Gasteiger partial charge is 0.276 e. The SMILES string of the molecule is O=C(COc1ccccc1-c1ccccc1)NNC(=O)C[C@H]1C[C@@H]2CC[C@@H]1C2. The van der Waals surface area contributed by atoms with E-state index in [0.717, 1.165) is 23.5 Å². The Morgan fingerprint density at radius 1 is 0.893 bits per heavy atom. The van der Waals surface area contributed by atoms with Crippen LogP contribution in [0.3, 0.4) is 0 Å². The first-order valence-corrected chi connectivity index (χ1v) is 10.0. The molecule has 0 saturated heterocycles. The number of fused-ring (bicyclic) bond motifs is 2. The van der Waals surface area contributed by atoms with Crippen molar-refractivity contribution in [1.29, 1.82) is 0 Å². The highest BCUT2D eigenvalue weighted by Gasteiger charge is 2.40. The lowest BCUT2D eigenvalue weighted by molar-refractivity contribution is -0.130. The number of nitrogens with one attached hydrogen (secondary N) is 2. The van der Waals surface area contributed by atoms with E-state index in [1.807, 2.05) is 54.6 Å². The second-order valence-electron chi connectivity index (χ2n) is 7.89. The molecule has 0 aromatic heterocycles. The molecule has 2 saturated carbocycles. The van der Waals surface area contributed by atoms with Gasteiger partial charge in [0, 0.05) is 12.0 Å². The Kier molecular flexibility index (Phi) is 5.60. The van der Waals surface area contributed by atoms with Crippen LogP contribution in [0.15, 0.2) is 54.6 Å². The van der Waals surface area contributed by atoms with Gasteiger partial charge in [0.1, 0.15) is 5.75 Å². The van der Waals surface area contributed by atoms with Crippen molar-refractivity contribution in [3.63, 3.8) is 0 Å². The van der Waals surface area contributed by atoms with Crippen LogP contribution in [-0.4, -0.2) is 18.4 Å². The molecule has 28 heavy (non-hydrogen) atoms. The molecule has 0 radical (unpaired) electrons. The predicted molar refractivity (Wildman–Crippen MR) is 107 cm³/mol. The second kappa shape index (κ2) is 8.46. The molecule has 4 rings (SSSR count). The van der Waals surface area contributed by atoms with Crippen LogP contribution in [0.25, 0.3) is 11.1 Å². The maximum atomic E-state index is 12.1. The van der Waals surface area contributed by atoms with Crippen LogP contribution in [0.4, 0.5) is 0 Å². The quantitative estimate of drug-likeness (QED) is 0.753. The molecule has 2 aliphatic rings. The molecule has 0 spiro atoms. The van der Waals surface area contributed by atoms with E-state index in [1.54, 1.807) is 0 Å². The van der Waals surface area contributed by atoms with E-state index in [0.29, 0.717) is 24.0 Å². The minimum absolute atomic E-state index is 0.115. The van der Waals surface area contributed by atoms with Crippen LogP contribution in [0.5, 0.6) is 5.75 Å². The monoisotopic (exact) mass is 378 g/mol. The molecule has 0 unspecified atom stereocenters. The van der Waals surface area contributed by atoms with Gasteiger partial charge >= 0.3 is 0 Å². The number of ether oxygens (including phenoxy) is 1. The summed E-state index contributed by atoms with van der Waals surface area (Å²) < 4.78 is 5.70. The molecule has 5 nitrogen and oxygen atoms in total. The minimum atomic E-state index is -0.371.